The van der Waals surface area contributed by atoms with Crippen molar-refractivity contribution in [1.29, 1.82) is 0 Å². The summed E-state index contributed by atoms with van der Waals surface area (Å²) >= 11 is 0. The van der Waals surface area contributed by atoms with E-state index in [0.717, 1.165) is 48.3 Å². The van der Waals surface area contributed by atoms with Gasteiger partial charge in [-0.15, -0.1) is 0 Å². The molecule has 1 aliphatic rings. The van der Waals surface area contributed by atoms with Crippen LogP contribution in [0.2, 0.25) is 0 Å². The molecule has 4 nitrogen and oxygen atoms in total. The van der Waals surface area contributed by atoms with Crippen molar-refractivity contribution in [3.8, 4) is 0 Å². The Morgan fingerprint density at radius 2 is 1.95 bits per heavy atom. The van der Waals surface area contributed by atoms with Gasteiger partial charge in [-0.2, -0.15) is 5.10 Å². The lowest BCUT2D eigenvalue weighted by Gasteiger charge is -2.13. The van der Waals surface area contributed by atoms with Crippen molar-refractivity contribution in [1.82, 2.24) is 14.6 Å². The number of aryl methyl sites for hydroxylation is 1. The molecule has 0 amide bonds. The smallest absolute Gasteiger partial charge is 0.254 e. The number of fused-ring (bicyclic) bond motifs is 3. The van der Waals surface area contributed by atoms with Crippen LogP contribution in [0, 0.1) is 0 Å². The van der Waals surface area contributed by atoms with E-state index in [-0.39, 0.29) is 11.0 Å². The van der Waals surface area contributed by atoms with E-state index in [1.165, 1.54) is 6.42 Å². The number of aromatic amines is 1. The summed E-state index contributed by atoms with van der Waals surface area (Å²) in [6.07, 6.45) is 5.29. The van der Waals surface area contributed by atoms with Gasteiger partial charge in [0.25, 0.3) is 5.56 Å². The van der Waals surface area contributed by atoms with E-state index in [2.05, 4.69) is 25.8 Å². The fourth-order valence-electron chi connectivity index (χ4n) is 2.78. The predicted octanol–water partition coefficient (Wildman–Crippen LogP) is 2.59. The summed E-state index contributed by atoms with van der Waals surface area (Å²) in [7, 11) is 0. The van der Waals surface area contributed by atoms with Crippen LogP contribution in [0.1, 0.15) is 57.0 Å². The van der Waals surface area contributed by atoms with Crippen molar-refractivity contribution < 1.29 is 0 Å². The summed E-state index contributed by atoms with van der Waals surface area (Å²) in [6, 6.07) is 2.01. The number of nitrogens with one attached hydrogen (secondary N) is 1. The maximum atomic E-state index is 12.2. The monoisotopic (exact) mass is 259 g/mol. The average molecular weight is 259 g/mol. The van der Waals surface area contributed by atoms with Crippen LogP contribution in [-0.2, 0) is 18.3 Å². The summed E-state index contributed by atoms with van der Waals surface area (Å²) in [5.41, 5.74) is 3.99. The molecule has 0 bridgehead atoms. The third-order valence-corrected chi connectivity index (χ3v) is 3.94. The number of H-pyrrole nitrogens is 1. The van der Waals surface area contributed by atoms with Gasteiger partial charge in [0.05, 0.1) is 11.4 Å². The normalized spacial score (nSPS) is 16.4. The molecule has 0 unspecified atom stereocenters. The molecular weight excluding hydrogens is 238 g/mol. The van der Waals surface area contributed by atoms with E-state index >= 15 is 0 Å². The molecule has 0 radical (unpaired) electrons. The Bertz CT molecular complexity index is 673. The summed E-state index contributed by atoms with van der Waals surface area (Å²) in [6.45, 7) is 6.43. The van der Waals surface area contributed by atoms with Gasteiger partial charge in [0.1, 0.15) is 5.65 Å². The van der Waals surface area contributed by atoms with Gasteiger partial charge in [-0.05, 0) is 25.7 Å². The molecule has 1 aliphatic carbocycles. The SMILES string of the molecule is CC(C)(C)c1cc2[nH]c(=O)c3c(n2n1)CCCCC3. The van der Waals surface area contributed by atoms with Crippen LogP contribution in [0.3, 0.4) is 0 Å². The maximum absolute atomic E-state index is 12.2. The predicted molar refractivity (Wildman–Crippen MR) is 75.8 cm³/mol. The molecular formula is C15H21N3O. The van der Waals surface area contributed by atoms with Crippen LogP contribution in [0.25, 0.3) is 5.65 Å². The first-order valence-electron chi connectivity index (χ1n) is 7.11. The first-order chi connectivity index (χ1) is 8.97. The van der Waals surface area contributed by atoms with Crippen LogP contribution in [-0.4, -0.2) is 14.6 Å². The van der Waals surface area contributed by atoms with Crippen LogP contribution in [0.4, 0.5) is 0 Å². The highest BCUT2D eigenvalue weighted by atomic mass is 16.1. The molecule has 0 aliphatic heterocycles. The minimum Gasteiger partial charge on any atom is -0.307 e. The molecule has 1 N–H and O–H groups in total. The van der Waals surface area contributed by atoms with E-state index in [1.807, 2.05) is 10.6 Å². The van der Waals surface area contributed by atoms with Crippen molar-refractivity contribution in [2.24, 2.45) is 0 Å². The molecule has 102 valence electrons. The molecule has 0 spiro atoms. The van der Waals surface area contributed by atoms with E-state index in [9.17, 15) is 4.79 Å². The molecule has 2 aromatic rings. The van der Waals surface area contributed by atoms with Crippen molar-refractivity contribution >= 4 is 5.65 Å². The van der Waals surface area contributed by atoms with Crippen molar-refractivity contribution in [2.75, 3.05) is 0 Å². The third-order valence-electron chi connectivity index (χ3n) is 3.94. The Morgan fingerprint density at radius 3 is 2.68 bits per heavy atom. The zero-order valence-corrected chi connectivity index (χ0v) is 11.9. The minimum atomic E-state index is 0.000516. The molecule has 0 fully saturated rings. The number of hydrogen-bond acceptors (Lipinski definition) is 2. The largest absolute Gasteiger partial charge is 0.307 e. The van der Waals surface area contributed by atoms with Gasteiger partial charge in [-0.1, -0.05) is 27.2 Å². The molecule has 0 atom stereocenters. The lowest BCUT2D eigenvalue weighted by atomic mass is 9.93. The van der Waals surface area contributed by atoms with Gasteiger partial charge in [0.2, 0.25) is 0 Å². The molecule has 3 rings (SSSR count). The van der Waals surface area contributed by atoms with Gasteiger partial charge in [0.15, 0.2) is 0 Å². The summed E-state index contributed by atoms with van der Waals surface area (Å²) in [5, 5.41) is 4.73. The summed E-state index contributed by atoms with van der Waals surface area (Å²) in [5.74, 6) is 0. The Labute approximate surface area is 112 Å². The molecule has 2 aromatic heterocycles. The number of hydrogen-bond donors (Lipinski definition) is 1. The number of rotatable bonds is 0. The highest BCUT2D eigenvalue weighted by molar-refractivity contribution is 5.44. The second-order valence-corrected chi connectivity index (χ2v) is 6.52. The summed E-state index contributed by atoms with van der Waals surface area (Å²) < 4.78 is 1.96. The topological polar surface area (TPSA) is 50.2 Å². The lowest BCUT2D eigenvalue weighted by molar-refractivity contribution is 0.560. The zero-order chi connectivity index (χ0) is 13.6. The lowest BCUT2D eigenvalue weighted by Crippen LogP contribution is -2.19. The fourth-order valence-corrected chi connectivity index (χ4v) is 2.78. The summed E-state index contributed by atoms with van der Waals surface area (Å²) in [4.78, 5) is 15.2. The van der Waals surface area contributed by atoms with Crippen LogP contribution in [0.5, 0.6) is 0 Å². The van der Waals surface area contributed by atoms with Crippen LogP contribution in [0.15, 0.2) is 10.9 Å². The Morgan fingerprint density at radius 1 is 1.21 bits per heavy atom. The molecule has 0 saturated heterocycles. The molecule has 2 heterocycles. The highest BCUT2D eigenvalue weighted by Gasteiger charge is 2.21. The van der Waals surface area contributed by atoms with Gasteiger partial charge in [-0.3, -0.25) is 4.79 Å². The fraction of sp³-hybridized carbons (Fsp3) is 0.600. The molecule has 19 heavy (non-hydrogen) atoms. The quantitative estimate of drug-likeness (QED) is 0.739. The highest BCUT2D eigenvalue weighted by Crippen LogP contribution is 2.24. The van der Waals surface area contributed by atoms with Crippen LogP contribution >= 0.6 is 0 Å². The minimum absolute atomic E-state index is 0.000516. The van der Waals surface area contributed by atoms with Gasteiger partial charge in [-0.25, -0.2) is 4.52 Å². The van der Waals surface area contributed by atoms with Gasteiger partial charge in [0, 0.05) is 17.0 Å². The second kappa shape index (κ2) is 4.22. The Hall–Kier alpha value is -1.58. The van der Waals surface area contributed by atoms with Crippen molar-refractivity contribution in [3.05, 3.63) is 33.4 Å². The Balaban J connectivity index is 2.28. The number of aromatic nitrogens is 3. The average Bonchev–Trinajstić information content (AvgIpc) is 2.59. The van der Waals surface area contributed by atoms with E-state index < -0.39 is 0 Å². The van der Waals surface area contributed by atoms with Gasteiger partial charge >= 0.3 is 0 Å². The molecule has 4 heteroatoms. The standard InChI is InChI=1S/C15H21N3O/c1-15(2,3)12-9-13-16-14(19)10-7-5-4-6-8-11(10)18(13)17-12/h9H,4-8H2,1-3H3,(H,16,19). The second-order valence-electron chi connectivity index (χ2n) is 6.52. The first kappa shape index (κ1) is 12.5. The van der Waals surface area contributed by atoms with Crippen LogP contribution < -0.4 is 5.56 Å². The van der Waals surface area contributed by atoms with E-state index in [4.69, 9.17) is 5.10 Å². The first-order valence-corrected chi connectivity index (χ1v) is 7.11. The molecule has 0 saturated carbocycles. The van der Waals surface area contributed by atoms with E-state index in [1.54, 1.807) is 0 Å². The van der Waals surface area contributed by atoms with Crippen molar-refractivity contribution in [3.63, 3.8) is 0 Å². The van der Waals surface area contributed by atoms with Gasteiger partial charge < -0.3 is 4.98 Å². The van der Waals surface area contributed by atoms with E-state index in [0.29, 0.717) is 0 Å². The number of nitrogens with zero attached hydrogens (tertiary/aromatic N) is 2. The van der Waals surface area contributed by atoms with Crippen molar-refractivity contribution in [2.45, 2.75) is 58.3 Å². The zero-order valence-electron chi connectivity index (χ0n) is 11.9. The molecule has 0 aromatic carbocycles. The maximum Gasteiger partial charge on any atom is 0.254 e. The Kier molecular flexibility index (Phi) is 2.77. The third kappa shape index (κ3) is 2.09.